The SMILES string of the molecule is CC(C(=O)N(C)C)n1c(SCC(=O)O)nnc1C1CC1. The minimum absolute atomic E-state index is 0.0520. The van der Waals surface area contributed by atoms with E-state index in [0.29, 0.717) is 11.1 Å². The lowest BCUT2D eigenvalue weighted by molar-refractivity contribution is -0.134. The van der Waals surface area contributed by atoms with Gasteiger partial charge in [0, 0.05) is 20.0 Å². The Balaban J connectivity index is 2.28. The molecule has 1 heterocycles. The summed E-state index contributed by atoms with van der Waals surface area (Å²) in [5.41, 5.74) is 0. The minimum atomic E-state index is -0.913. The summed E-state index contributed by atoms with van der Waals surface area (Å²) < 4.78 is 1.79. The van der Waals surface area contributed by atoms with Crippen molar-refractivity contribution < 1.29 is 14.7 Å². The highest BCUT2D eigenvalue weighted by molar-refractivity contribution is 7.99. The summed E-state index contributed by atoms with van der Waals surface area (Å²) >= 11 is 1.10. The third kappa shape index (κ3) is 3.12. The first-order valence-corrected chi connectivity index (χ1v) is 7.41. The van der Waals surface area contributed by atoms with Gasteiger partial charge in [-0.15, -0.1) is 10.2 Å². The number of carbonyl (C=O) groups is 2. The molecule has 8 heteroatoms. The Hall–Kier alpha value is -1.57. The van der Waals surface area contributed by atoms with E-state index < -0.39 is 12.0 Å². The number of aromatic nitrogens is 3. The van der Waals surface area contributed by atoms with Crippen molar-refractivity contribution in [1.82, 2.24) is 19.7 Å². The fraction of sp³-hybridized carbons (Fsp3) is 0.667. The average molecular weight is 298 g/mol. The molecule has 7 nitrogen and oxygen atoms in total. The van der Waals surface area contributed by atoms with Gasteiger partial charge in [-0.3, -0.25) is 14.2 Å². The molecule has 1 aromatic heterocycles. The topological polar surface area (TPSA) is 88.3 Å². The van der Waals surface area contributed by atoms with Crippen LogP contribution in [0.5, 0.6) is 0 Å². The van der Waals surface area contributed by atoms with Crippen molar-refractivity contribution in [3.63, 3.8) is 0 Å². The second kappa shape index (κ2) is 5.82. The van der Waals surface area contributed by atoms with Gasteiger partial charge in [-0.25, -0.2) is 0 Å². The van der Waals surface area contributed by atoms with Crippen LogP contribution in [0.1, 0.15) is 37.5 Å². The smallest absolute Gasteiger partial charge is 0.313 e. The molecule has 0 aliphatic heterocycles. The molecule has 1 aromatic rings. The molecule has 1 aliphatic carbocycles. The van der Waals surface area contributed by atoms with Crippen molar-refractivity contribution in [2.45, 2.75) is 36.9 Å². The van der Waals surface area contributed by atoms with Crippen LogP contribution in [-0.4, -0.2) is 56.5 Å². The fourth-order valence-electron chi connectivity index (χ4n) is 1.98. The zero-order valence-corrected chi connectivity index (χ0v) is 12.6. The summed E-state index contributed by atoms with van der Waals surface area (Å²) in [4.78, 5) is 24.4. The number of amides is 1. The molecular weight excluding hydrogens is 280 g/mol. The van der Waals surface area contributed by atoms with Crippen molar-refractivity contribution in [1.29, 1.82) is 0 Å². The van der Waals surface area contributed by atoms with Crippen LogP contribution in [0.15, 0.2) is 5.16 Å². The lowest BCUT2D eigenvalue weighted by atomic mass is 10.2. The Kier molecular flexibility index (Phi) is 4.32. The molecule has 0 saturated heterocycles. The van der Waals surface area contributed by atoms with Gasteiger partial charge in [0.05, 0.1) is 5.75 Å². The molecule has 2 rings (SSSR count). The number of thioether (sulfide) groups is 1. The van der Waals surface area contributed by atoms with E-state index in [0.717, 1.165) is 30.4 Å². The van der Waals surface area contributed by atoms with E-state index in [-0.39, 0.29) is 11.7 Å². The number of hydrogen-bond acceptors (Lipinski definition) is 5. The third-order valence-electron chi connectivity index (χ3n) is 3.14. The maximum Gasteiger partial charge on any atom is 0.313 e. The van der Waals surface area contributed by atoms with Crippen LogP contribution < -0.4 is 0 Å². The normalized spacial score (nSPS) is 15.9. The summed E-state index contributed by atoms with van der Waals surface area (Å²) in [6.07, 6.45) is 2.09. The second-order valence-corrected chi connectivity index (χ2v) is 6.02. The van der Waals surface area contributed by atoms with Gasteiger partial charge in [-0.1, -0.05) is 11.8 Å². The van der Waals surface area contributed by atoms with Gasteiger partial charge in [0.15, 0.2) is 5.16 Å². The molecule has 0 spiro atoms. The van der Waals surface area contributed by atoms with Gasteiger partial charge in [0.2, 0.25) is 5.91 Å². The maximum absolute atomic E-state index is 12.2. The Morgan fingerprint density at radius 1 is 1.45 bits per heavy atom. The molecule has 0 bridgehead atoms. The summed E-state index contributed by atoms with van der Waals surface area (Å²) in [5, 5.41) is 17.5. The van der Waals surface area contributed by atoms with Crippen LogP contribution in [0.2, 0.25) is 0 Å². The lowest BCUT2D eigenvalue weighted by Gasteiger charge is -2.20. The van der Waals surface area contributed by atoms with Gasteiger partial charge in [-0.05, 0) is 19.8 Å². The standard InChI is InChI=1S/C12H18N4O3S/c1-7(11(19)15(2)3)16-10(8-4-5-8)13-14-12(16)20-6-9(17)18/h7-8H,4-6H2,1-3H3,(H,17,18). The van der Waals surface area contributed by atoms with Crippen molar-refractivity contribution in [3.8, 4) is 0 Å². The summed E-state index contributed by atoms with van der Waals surface area (Å²) in [6, 6.07) is -0.424. The molecule has 1 fully saturated rings. The average Bonchev–Trinajstić information content (AvgIpc) is 3.14. The fourth-order valence-corrected chi connectivity index (χ4v) is 2.72. The van der Waals surface area contributed by atoms with E-state index in [2.05, 4.69) is 10.2 Å². The van der Waals surface area contributed by atoms with E-state index in [1.807, 2.05) is 0 Å². The highest BCUT2D eigenvalue weighted by atomic mass is 32.2. The Morgan fingerprint density at radius 3 is 2.60 bits per heavy atom. The quantitative estimate of drug-likeness (QED) is 0.788. The first-order valence-electron chi connectivity index (χ1n) is 6.42. The zero-order valence-electron chi connectivity index (χ0n) is 11.7. The number of carbonyl (C=O) groups excluding carboxylic acids is 1. The van der Waals surface area contributed by atoms with Crippen molar-refractivity contribution >= 4 is 23.6 Å². The first-order chi connectivity index (χ1) is 9.41. The van der Waals surface area contributed by atoms with E-state index >= 15 is 0 Å². The number of carboxylic acids is 1. The lowest BCUT2D eigenvalue weighted by Crippen LogP contribution is -2.31. The van der Waals surface area contributed by atoms with Crippen LogP contribution >= 0.6 is 11.8 Å². The number of nitrogens with zero attached hydrogens (tertiary/aromatic N) is 4. The van der Waals surface area contributed by atoms with Crippen LogP contribution in [0, 0.1) is 0 Å². The summed E-state index contributed by atoms with van der Waals surface area (Å²) in [6.45, 7) is 1.79. The predicted octanol–water partition coefficient (Wildman–Crippen LogP) is 0.981. The summed E-state index contributed by atoms with van der Waals surface area (Å²) in [7, 11) is 3.40. The van der Waals surface area contributed by atoms with Crippen LogP contribution in [-0.2, 0) is 9.59 Å². The van der Waals surface area contributed by atoms with E-state index in [1.165, 1.54) is 4.90 Å². The Bertz CT molecular complexity index is 525. The number of hydrogen-bond donors (Lipinski definition) is 1. The first kappa shape index (κ1) is 14.8. The van der Waals surface area contributed by atoms with E-state index in [9.17, 15) is 9.59 Å². The number of aliphatic carboxylic acids is 1. The largest absolute Gasteiger partial charge is 0.481 e. The second-order valence-electron chi connectivity index (χ2n) is 5.08. The van der Waals surface area contributed by atoms with Crippen LogP contribution in [0.4, 0.5) is 0 Å². The van der Waals surface area contributed by atoms with E-state index in [1.54, 1.807) is 25.6 Å². The number of carboxylic acid groups (broad SMARTS) is 1. The number of likely N-dealkylation sites (N-methyl/N-ethyl adjacent to an activating group) is 1. The van der Waals surface area contributed by atoms with Crippen LogP contribution in [0.3, 0.4) is 0 Å². The molecule has 0 aromatic carbocycles. The van der Waals surface area contributed by atoms with Gasteiger partial charge in [-0.2, -0.15) is 0 Å². The molecule has 1 saturated carbocycles. The zero-order chi connectivity index (χ0) is 14.9. The Morgan fingerprint density at radius 2 is 2.10 bits per heavy atom. The predicted molar refractivity (Wildman–Crippen MR) is 73.8 cm³/mol. The molecular formula is C12H18N4O3S. The molecule has 1 N–H and O–H groups in total. The van der Waals surface area contributed by atoms with Crippen molar-refractivity contribution in [2.75, 3.05) is 19.8 Å². The molecule has 20 heavy (non-hydrogen) atoms. The highest BCUT2D eigenvalue weighted by Crippen LogP contribution is 2.41. The summed E-state index contributed by atoms with van der Waals surface area (Å²) in [5.74, 6) is 0.0822. The van der Waals surface area contributed by atoms with Gasteiger partial charge in [0.25, 0.3) is 0 Å². The minimum Gasteiger partial charge on any atom is -0.481 e. The monoisotopic (exact) mass is 298 g/mol. The van der Waals surface area contributed by atoms with Gasteiger partial charge < -0.3 is 10.0 Å². The molecule has 1 unspecified atom stereocenters. The molecule has 110 valence electrons. The molecule has 0 radical (unpaired) electrons. The Labute approximate surface area is 121 Å². The van der Waals surface area contributed by atoms with E-state index in [4.69, 9.17) is 5.11 Å². The highest BCUT2D eigenvalue weighted by Gasteiger charge is 2.34. The third-order valence-corrected chi connectivity index (χ3v) is 4.07. The van der Waals surface area contributed by atoms with Crippen molar-refractivity contribution in [3.05, 3.63) is 5.82 Å². The maximum atomic E-state index is 12.2. The molecule has 1 aliphatic rings. The van der Waals surface area contributed by atoms with Gasteiger partial charge >= 0.3 is 5.97 Å². The molecule has 1 atom stereocenters. The number of rotatable bonds is 6. The molecule has 1 amide bonds. The van der Waals surface area contributed by atoms with Gasteiger partial charge in [0.1, 0.15) is 11.9 Å². The van der Waals surface area contributed by atoms with Crippen molar-refractivity contribution in [2.24, 2.45) is 0 Å². The van der Waals surface area contributed by atoms with Crippen LogP contribution in [0.25, 0.3) is 0 Å².